The molecule has 3 N–H and O–H groups in total. The molecule has 13 heteroatoms. The van der Waals surface area contributed by atoms with E-state index in [2.05, 4.69) is 10.4 Å². The van der Waals surface area contributed by atoms with Gasteiger partial charge < -0.3 is 20.5 Å². The van der Waals surface area contributed by atoms with Crippen molar-refractivity contribution in [2.45, 2.75) is 26.8 Å². The number of hydrogen-bond donors (Lipinski definition) is 2. The maximum atomic E-state index is 12.8. The van der Waals surface area contributed by atoms with Gasteiger partial charge in [-0.3, -0.25) is 9.59 Å². The number of carbonyl (C=O) groups is 3. The molecule has 0 atom stereocenters. The van der Waals surface area contributed by atoms with E-state index in [9.17, 15) is 27.6 Å². The molecule has 2 heterocycles. The number of rotatable bonds is 8. The van der Waals surface area contributed by atoms with Gasteiger partial charge in [0.25, 0.3) is 11.8 Å². The van der Waals surface area contributed by atoms with Gasteiger partial charge in [-0.2, -0.15) is 18.3 Å². The highest BCUT2D eigenvalue weighted by atomic mass is 32.1. The molecule has 0 saturated carbocycles. The average Bonchev–Trinajstić information content (AvgIpc) is 3.37. The summed E-state index contributed by atoms with van der Waals surface area (Å²) in [6.45, 7) is 2.95. The first kappa shape index (κ1) is 24.8. The van der Waals surface area contributed by atoms with Gasteiger partial charge in [-0.05, 0) is 43.7 Å². The minimum atomic E-state index is -4.51. The van der Waals surface area contributed by atoms with Crippen molar-refractivity contribution in [1.82, 2.24) is 9.78 Å². The lowest BCUT2D eigenvalue weighted by Gasteiger charge is -2.10. The van der Waals surface area contributed by atoms with E-state index < -0.39 is 29.5 Å². The molecule has 0 fully saturated rings. The molecule has 0 aliphatic carbocycles. The first-order valence-electron chi connectivity index (χ1n) is 9.76. The zero-order valence-electron chi connectivity index (χ0n) is 17.9. The van der Waals surface area contributed by atoms with E-state index in [0.29, 0.717) is 0 Å². The lowest BCUT2D eigenvalue weighted by Crippen LogP contribution is -2.16. The second kappa shape index (κ2) is 9.95. The Morgan fingerprint density at radius 1 is 1.24 bits per heavy atom. The van der Waals surface area contributed by atoms with Crippen molar-refractivity contribution in [3.05, 3.63) is 63.8 Å². The highest BCUT2D eigenvalue weighted by molar-refractivity contribution is 7.18. The summed E-state index contributed by atoms with van der Waals surface area (Å²) >= 11 is 0.831. The van der Waals surface area contributed by atoms with Crippen LogP contribution in [0.15, 0.2) is 36.5 Å². The van der Waals surface area contributed by atoms with Gasteiger partial charge in [-0.15, -0.1) is 11.3 Å². The number of anilines is 1. The van der Waals surface area contributed by atoms with Crippen molar-refractivity contribution in [3.63, 3.8) is 0 Å². The number of alkyl halides is 3. The maximum Gasteiger partial charge on any atom is 0.416 e. The number of ether oxygens (including phenoxy) is 2. The molecule has 0 spiro atoms. The Hall–Kier alpha value is -3.87. The van der Waals surface area contributed by atoms with Crippen LogP contribution in [0.4, 0.5) is 18.2 Å². The number of primary amides is 1. The van der Waals surface area contributed by atoms with Gasteiger partial charge in [0.05, 0.1) is 22.6 Å². The molecule has 0 aliphatic rings. The average molecular weight is 496 g/mol. The Bertz CT molecular complexity index is 1240. The number of halogens is 3. The Morgan fingerprint density at radius 3 is 2.62 bits per heavy atom. The van der Waals surface area contributed by atoms with E-state index in [0.717, 1.165) is 23.5 Å². The third kappa shape index (κ3) is 5.54. The summed E-state index contributed by atoms with van der Waals surface area (Å²) in [4.78, 5) is 36.8. The van der Waals surface area contributed by atoms with Crippen LogP contribution in [-0.4, -0.2) is 34.2 Å². The lowest BCUT2D eigenvalue weighted by molar-refractivity contribution is -0.137. The second-order valence-corrected chi connectivity index (χ2v) is 7.86. The Morgan fingerprint density at radius 2 is 1.97 bits per heavy atom. The van der Waals surface area contributed by atoms with E-state index in [4.69, 9.17) is 15.2 Å². The van der Waals surface area contributed by atoms with E-state index in [1.165, 1.54) is 36.0 Å². The summed E-state index contributed by atoms with van der Waals surface area (Å²) in [5, 5.41) is 6.62. The van der Waals surface area contributed by atoms with Gasteiger partial charge in [0.2, 0.25) is 0 Å². The largest absolute Gasteiger partial charge is 0.471 e. The quantitative estimate of drug-likeness (QED) is 0.457. The van der Waals surface area contributed by atoms with Crippen LogP contribution < -0.4 is 15.8 Å². The van der Waals surface area contributed by atoms with E-state index >= 15 is 0 Å². The van der Waals surface area contributed by atoms with Gasteiger partial charge in [-0.25, -0.2) is 9.48 Å². The molecule has 180 valence electrons. The standard InChI is InChI=1S/C21H19F3N4O5S/c1-3-32-20(31)15-11(2)16(17(25)29)34-19(15)26-18(30)14-7-8-28(27-14)10-33-13-6-4-5-12(9-13)21(22,23)24/h4-9H,3,10H2,1-2H3,(H2,25,29)(H,26,30). The van der Waals surface area contributed by atoms with Crippen LogP contribution in [0.1, 0.15) is 48.6 Å². The summed E-state index contributed by atoms with van der Waals surface area (Å²) in [6, 6.07) is 5.70. The fraction of sp³-hybridized carbons (Fsp3) is 0.238. The number of carbonyl (C=O) groups excluding carboxylic acids is 3. The zero-order chi connectivity index (χ0) is 25.0. The Labute approximate surface area is 195 Å². The molecular formula is C21H19F3N4O5S. The van der Waals surface area contributed by atoms with Crippen LogP contribution in [0, 0.1) is 6.92 Å². The van der Waals surface area contributed by atoms with Crippen LogP contribution in [-0.2, 0) is 17.6 Å². The molecule has 3 rings (SSSR count). The highest BCUT2D eigenvalue weighted by Gasteiger charge is 2.30. The molecule has 0 radical (unpaired) electrons. The number of esters is 1. The minimum absolute atomic E-state index is 0.0151. The highest BCUT2D eigenvalue weighted by Crippen LogP contribution is 2.34. The van der Waals surface area contributed by atoms with Crippen molar-refractivity contribution in [3.8, 4) is 5.75 Å². The molecule has 3 aromatic rings. The van der Waals surface area contributed by atoms with Crippen molar-refractivity contribution in [1.29, 1.82) is 0 Å². The van der Waals surface area contributed by atoms with Crippen molar-refractivity contribution in [2.24, 2.45) is 5.73 Å². The zero-order valence-corrected chi connectivity index (χ0v) is 18.7. The molecular weight excluding hydrogens is 477 g/mol. The third-order valence-electron chi connectivity index (χ3n) is 4.48. The van der Waals surface area contributed by atoms with E-state index in [1.54, 1.807) is 6.92 Å². The van der Waals surface area contributed by atoms with Gasteiger partial charge in [-0.1, -0.05) is 6.07 Å². The SMILES string of the molecule is CCOC(=O)c1c(NC(=O)c2ccn(COc3cccc(C(F)(F)F)c3)n2)sc(C(N)=O)c1C. The van der Waals surface area contributed by atoms with Gasteiger partial charge in [0, 0.05) is 6.20 Å². The predicted molar refractivity (Wildman–Crippen MR) is 116 cm³/mol. The smallest absolute Gasteiger partial charge is 0.416 e. The molecule has 0 unspecified atom stereocenters. The van der Waals surface area contributed by atoms with Crippen molar-refractivity contribution >= 4 is 34.1 Å². The molecule has 2 amide bonds. The summed E-state index contributed by atoms with van der Waals surface area (Å²) in [5.74, 6) is -2.20. The van der Waals surface area contributed by atoms with Crippen LogP contribution in [0.3, 0.4) is 0 Å². The molecule has 0 saturated heterocycles. The summed E-state index contributed by atoms with van der Waals surface area (Å²) in [7, 11) is 0. The Balaban J connectivity index is 1.73. The second-order valence-electron chi connectivity index (χ2n) is 6.84. The third-order valence-corrected chi connectivity index (χ3v) is 5.70. The van der Waals surface area contributed by atoms with E-state index in [-0.39, 0.29) is 45.8 Å². The first-order chi connectivity index (χ1) is 16.0. The number of nitrogens with two attached hydrogens (primary N) is 1. The fourth-order valence-electron chi connectivity index (χ4n) is 2.91. The molecule has 2 aromatic heterocycles. The summed E-state index contributed by atoms with van der Waals surface area (Å²) < 4.78 is 50.0. The van der Waals surface area contributed by atoms with Crippen LogP contribution >= 0.6 is 11.3 Å². The minimum Gasteiger partial charge on any atom is -0.471 e. The normalized spacial score (nSPS) is 11.2. The number of nitrogens with zero attached hydrogens (tertiary/aromatic N) is 2. The monoisotopic (exact) mass is 496 g/mol. The number of aromatic nitrogens is 2. The predicted octanol–water partition coefficient (Wildman–Crippen LogP) is 3.84. The molecule has 34 heavy (non-hydrogen) atoms. The van der Waals surface area contributed by atoms with Gasteiger partial charge in [0.1, 0.15) is 10.8 Å². The maximum absolute atomic E-state index is 12.8. The number of amides is 2. The van der Waals surface area contributed by atoms with Gasteiger partial charge >= 0.3 is 12.1 Å². The summed E-state index contributed by atoms with van der Waals surface area (Å²) in [6.07, 6.45) is -3.11. The Kier molecular flexibility index (Phi) is 7.25. The first-order valence-corrected chi connectivity index (χ1v) is 10.6. The molecule has 9 nitrogen and oxygen atoms in total. The van der Waals surface area contributed by atoms with E-state index in [1.807, 2.05) is 0 Å². The number of benzene rings is 1. The number of nitrogens with one attached hydrogen (secondary N) is 1. The van der Waals surface area contributed by atoms with Crippen LogP contribution in [0.25, 0.3) is 0 Å². The number of hydrogen-bond acceptors (Lipinski definition) is 7. The summed E-state index contributed by atoms with van der Waals surface area (Å²) in [5.41, 5.74) is 4.73. The molecule has 1 aromatic carbocycles. The van der Waals surface area contributed by atoms with Crippen molar-refractivity contribution in [2.75, 3.05) is 11.9 Å². The fourth-order valence-corrected chi connectivity index (χ4v) is 3.95. The topological polar surface area (TPSA) is 126 Å². The number of thiophene rings is 1. The van der Waals surface area contributed by atoms with Crippen molar-refractivity contribution < 1.29 is 37.0 Å². The van der Waals surface area contributed by atoms with Crippen LogP contribution in [0.5, 0.6) is 5.75 Å². The molecule has 0 bridgehead atoms. The lowest BCUT2D eigenvalue weighted by atomic mass is 10.1. The van der Waals surface area contributed by atoms with Gasteiger partial charge in [0.15, 0.2) is 12.4 Å². The molecule has 0 aliphatic heterocycles. The van der Waals surface area contributed by atoms with Crippen LogP contribution in [0.2, 0.25) is 0 Å².